The van der Waals surface area contributed by atoms with Crippen molar-refractivity contribution in [2.45, 2.75) is 19.9 Å². The van der Waals surface area contributed by atoms with E-state index >= 15 is 0 Å². The number of aromatic nitrogens is 3. The maximum Gasteiger partial charge on any atom is 0.274 e. The summed E-state index contributed by atoms with van der Waals surface area (Å²) in [5.74, 6) is -1.44. The Hall–Kier alpha value is -2.78. The molecule has 0 aliphatic carbocycles. The Balaban J connectivity index is 1.76. The molecule has 3 aromatic rings. The smallest absolute Gasteiger partial charge is 0.274 e. The first kappa shape index (κ1) is 19.0. The lowest BCUT2D eigenvalue weighted by Gasteiger charge is -2.05. The number of carbonyl (C=O) groups excluding carboxylic acids is 2. The van der Waals surface area contributed by atoms with Gasteiger partial charge in [0.1, 0.15) is 23.1 Å². The average molecular weight is 408 g/mol. The number of carbonyl (C=O) groups is 2. The van der Waals surface area contributed by atoms with Gasteiger partial charge in [0.15, 0.2) is 0 Å². The monoisotopic (exact) mass is 407 g/mol. The second kappa shape index (κ2) is 7.85. The Kier molecular flexibility index (Phi) is 5.52. The molecule has 0 spiro atoms. The van der Waals surface area contributed by atoms with E-state index in [1.54, 1.807) is 13.0 Å². The van der Waals surface area contributed by atoms with Crippen LogP contribution in [0.15, 0.2) is 30.5 Å². The Morgan fingerprint density at radius 1 is 1.37 bits per heavy atom. The minimum absolute atomic E-state index is 0.191. The van der Waals surface area contributed by atoms with Crippen molar-refractivity contribution in [1.29, 1.82) is 0 Å². The standard InChI is InChI=1S/C17H15ClFN5O2S/c1-9-17(23-16(26)13-2-3-21-24(13)8-14(20)25)27-15(22-9)6-10-4-11(18)7-12(19)5-10/h2-5,7H,6,8H2,1H3,(H2,20,25)(H,23,26). The molecular formula is C17H15ClFN5O2S. The van der Waals surface area contributed by atoms with Crippen LogP contribution in [-0.4, -0.2) is 26.6 Å². The second-order valence-corrected chi connectivity index (χ2v) is 7.29. The third kappa shape index (κ3) is 4.69. The molecule has 0 bridgehead atoms. The fourth-order valence-electron chi connectivity index (χ4n) is 2.50. The molecular weight excluding hydrogens is 393 g/mol. The van der Waals surface area contributed by atoms with Crippen LogP contribution < -0.4 is 11.1 Å². The minimum Gasteiger partial charge on any atom is -0.368 e. The molecule has 0 unspecified atom stereocenters. The van der Waals surface area contributed by atoms with Crippen LogP contribution in [0.4, 0.5) is 9.39 Å². The number of benzene rings is 1. The molecule has 0 radical (unpaired) electrons. The van der Waals surface area contributed by atoms with E-state index in [1.807, 2.05) is 0 Å². The van der Waals surface area contributed by atoms with Crippen molar-refractivity contribution in [3.8, 4) is 0 Å². The van der Waals surface area contributed by atoms with Gasteiger partial charge in [0.2, 0.25) is 5.91 Å². The zero-order valence-corrected chi connectivity index (χ0v) is 15.8. The van der Waals surface area contributed by atoms with Gasteiger partial charge in [-0.15, -0.1) is 11.3 Å². The molecule has 2 amide bonds. The fraction of sp³-hybridized carbons (Fsp3) is 0.176. The Bertz CT molecular complexity index is 996. The molecule has 2 aromatic heterocycles. The van der Waals surface area contributed by atoms with Crippen LogP contribution in [0.3, 0.4) is 0 Å². The van der Waals surface area contributed by atoms with Gasteiger partial charge >= 0.3 is 0 Å². The zero-order chi connectivity index (χ0) is 19.6. The summed E-state index contributed by atoms with van der Waals surface area (Å²) >= 11 is 7.16. The van der Waals surface area contributed by atoms with Crippen molar-refractivity contribution in [2.75, 3.05) is 5.32 Å². The van der Waals surface area contributed by atoms with E-state index in [2.05, 4.69) is 15.4 Å². The number of halogens is 2. The highest BCUT2D eigenvalue weighted by molar-refractivity contribution is 7.16. The van der Waals surface area contributed by atoms with Crippen molar-refractivity contribution in [2.24, 2.45) is 5.73 Å². The average Bonchev–Trinajstić information content (AvgIpc) is 3.13. The number of amides is 2. The number of hydrogen-bond donors (Lipinski definition) is 2. The summed E-state index contributed by atoms with van der Waals surface area (Å²) in [5.41, 5.74) is 6.68. The zero-order valence-electron chi connectivity index (χ0n) is 14.2. The SMILES string of the molecule is Cc1nc(Cc2cc(F)cc(Cl)c2)sc1NC(=O)c1ccnn1CC(N)=O. The maximum atomic E-state index is 13.5. The van der Waals surface area contributed by atoms with E-state index < -0.39 is 17.6 Å². The quantitative estimate of drug-likeness (QED) is 0.655. The normalized spacial score (nSPS) is 10.8. The van der Waals surface area contributed by atoms with Gasteiger partial charge in [0.25, 0.3) is 5.91 Å². The third-order valence-electron chi connectivity index (χ3n) is 3.60. The summed E-state index contributed by atoms with van der Waals surface area (Å²) in [7, 11) is 0. The van der Waals surface area contributed by atoms with Crippen LogP contribution in [-0.2, 0) is 17.8 Å². The molecule has 0 aliphatic heterocycles. The van der Waals surface area contributed by atoms with Gasteiger partial charge in [-0.25, -0.2) is 9.37 Å². The van der Waals surface area contributed by atoms with Crippen LogP contribution in [0.25, 0.3) is 0 Å². The van der Waals surface area contributed by atoms with Gasteiger partial charge < -0.3 is 11.1 Å². The Labute approximate surface area is 163 Å². The molecule has 1 aromatic carbocycles. The van der Waals surface area contributed by atoms with Crippen LogP contribution in [0, 0.1) is 12.7 Å². The van der Waals surface area contributed by atoms with Crippen molar-refractivity contribution >= 4 is 39.8 Å². The van der Waals surface area contributed by atoms with Crippen LogP contribution in [0.2, 0.25) is 5.02 Å². The highest BCUT2D eigenvalue weighted by atomic mass is 35.5. The van der Waals surface area contributed by atoms with Crippen LogP contribution in [0.5, 0.6) is 0 Å². The molecule has 0 atom stereocenters. The van der Waals surface area contributed by atoms with E-state index in [-0.39, 0.29) is 12.2 Å². The predicted octanol–water partition coefficient (Wildman–Crippen LogP) is 2.77. The van der Waals surface area contributed by atoms with Gasteiger partial charge in [-0.05, 0) is 36.8 Å². The first-order chi connectivity index (χ1) is 12.8. The van der Waals surface area contributed by atoms with Gasteiger partial charge in [-0.2, -0.15) is 5.10 Å². The Morgan fingerprint density at radius 2 is 2.15 bits per heavy atom. The molecule has 3 rings (SSSR count). The number of primary amides is 1. The Morgan fingerprint density at radius 3 is 2.85 bits per heavy atom. The number of nitrogens with zero attached hydrogens (tertiary/aromatic N) is 3. The maximum absolute atomic E-state index is 13.5. The summed E-state index contributed by atoms with van der Waals surface area (Å²) in [5, 5.41) is 8.25. The van der Waals surface area contributed by atoms with E-state index in [0.29, 0.717) is 32.7 Å². The van der Waals surface area contributed by atoms with Gasteiger partial charge in [-0.3, -0.25) is 14.3 Å². The van der Waals surface area contributed by atoms with E-state index in [9.17, 15) is 14.0 Å². The summed E-state index contributed by atoms with van der Waals surface area (Å²) in [4.78, 5) is 28.0. The van der Waals surface area contributed by atoms with Crippen LogP contribution >= 0.6 is 22.9 Å². The summed E-state index contributed by atoms with van der Waals surface area (Å²) in [6.45, 7) is 1.57. The topological polar surface area (TPSA) is 103 Å². The first-order valence-corrected chi connectivity index (χ1v) is 9.04. The third-order valence-corrected chi connectivity index (χ3v) is 4.89. The van der Waals surface area contributed by atoms with Crippen molar-refractivity contribution in [3.63, 3.8) is 0 Å². The molecule has 10 heteroatoms. The largest absolute Gasteiger partial charge is 0.368 e. The lowest BCUT2D eigenvalue weighted by molar-refractivity contribution is -0.118. The number of thiazole rings is 1. The van der Waals surface area contributed by atoms with Gasteiger partial charge in [0.05, 0.1) is 10.7 Å². The van der Waals surface area contributed by atoms with E-state index in [0.717, 1.165) is 0 Å². The van der Waals surface area contributed by atoms with Crippen molar-refractivity contribution < 1.29 is 14.0 Å². The lowest BCUT2D eigenvalue weighted by atomic mass is 10.1. The van der Waals surface area contributed by atoms with Crippen molar-refractivity contribution in [3.05, 3.63) is 63.3 Å². The predicted molar refractivity (Wildman–Crippen MR) is 100 cm³/mol. The van der Waals surface area contributed by atoms with E-state index in [4.69, 9.17) is 17.3 Å². The molecule has 3 N–H and O–H groups in total. The molecule has 0 saturated carbocycles. The number of nitrogens with two attached hydrogens (primary N) is 1. The molecule has 7 nitrogen and oxygen atoms in total. The van der Waals surface area contributed by atoms with Gasteiger partial charge in [-0.1, -0.05) is 11.6 Å². The fourth-order valence-corrected chi connectivity index (χ4v) is 3.74. The van der Waals surface area contributed by atoms with Crippen LogP contribution in [0.1, 0.15) is 26.8 Å². The summed E-state index contributed by atoms with van der Waals surface area (Å²) in [6, 6.07) is 5.79. The number of rotatable bonds is 6. The first-order valence-electron chi connectivity index (χ1n) is 7.84. The van der Waals surface area contributed by atoms with E-state index in [1.165, 1.54) is 40.4 Å². The highest BCUT2D eigenvalue weighted by Crippen LogP contribution is 2.27. The molecule has 140 valence electrons. The highest BCUT2D eigenvalue weighted by Gasteiger charge is 2.17. The lowest BCUT2D eigenvalue weighted by Crippen LogP contribution is -2.24. The number of anilines is 1. The molecule has 0 fully saturated rings. The minimum atomic E-state index is -0.599. The molecule has 27 heavy (non-hydrogen) atoms. The summed E-state index contributed by atoms with van der Waals surface area (Å²) < 4.78 is 14.7. The second-order valence-electron chi connectivity index (χ2n) is 5.77. The number of hydrogen-bond acceptors (Lipinski definition) is 5. The molecule has 0 aliphatic rings. The number of aryl methyl sites for hydroxylation is 1. The molecule has 0 saturated heterocycles. The van der Waals surface area contributed by atoms with Crippen molar-refractivity contribution in [1.82, 2.24) is 14.8 Å². The molecule has 2 heterocycles. The summed E-state index contributed by atoms with van der Waals surface area (Å²) in [6.07, 6.45) is 1.80. The van der Waals surface area contributed by atoms with Gasteiger partial charge in [0, 0.05) is 17.6 Å². The number of nitrogens with one attached hydrogen (secondary N) is 1.